The molecule has 0 fully saturated rings. The minimum atomic E-state index is -5.75. The third kappa shape index (κ3) is 9.62. The van der Waals surface area contributed by atoms with E-state index in [4.69, 9.17) is 32.7 Å². The first-order valence-corrected chi connectivity index (χ1v) is 18.7. The summed E-state index contributed by atoms with van der Waals surface area (Å²) in [6, 6.07) is 11.3. The van der Waals surface area contributed by atoms with E-state index in [0.717, 1.165) is 38.5 Å². The molecule has 6 aromatic rings. The van der Waals surface area contributed by atoms with Gasteiger partial charge in [-0.2, -0.15) is 26.3 Å². The highest BCUT2D eigenvalue weighted by atomic mass is 35.5. The number of alkyl halides is 12. The Morgan fingerprint density at radius 3 is 1.66 bits per heavy atom. The molecule has 0 aliphatic heterocycles. The summed E-state index contributed by atoms with van der Waals surface area (Å²) < 4.78 is 222. The first kappa shape index (κ1) is 47.6. The second-order valence-electron chi connectivity index (χ2n) is 13.8. The van der Waals surface area contributed by atoms with Crippen molar-refractivity contribution in [1.29, 1.82) is 0 Å². The van der Waals surface area contributed by atoms with Crippen LogP contribution in [0.2, 0.25) is 10.0 Å². The van der Waals surface area contributed by atoms with Crippen molar-refractivity contribution < 1.29 is 80.4 Å². The van der Waals surface area contributed by atoms with Crippen molar-refractivity contribution in [3.63, 3.8) is 0 Å². The molecule has 338 valence electrons. The van der Waals surface area contributed by atoms with Crippen LogP contribution in [0.25, 0.3) is 55.6 Å². The fraction of sp³-hybridized carbons (Fsp3) is 0.182. The highest BCUT2D eigenvalue weighted by Crippen LogP contribution is 2.57. The van der Waals surface area contributed by atoms with E-state index in [-0.39, 0.29) is 28.3 Å². The molecule has 4 nitrogen and oxygen atoms in total. The fourth-order valence-electron chi connectivity index (χ4n) is 7.28. The van der Waals surface area contributed by atoms with Gasteiger partial charge in [-0.25, -0.2) is 8.78 Å². The molecule has 0 radical (unpaired) electrons. The molecule has 0 N–H and O–H groups in total. The lowest BCUT2D eigenvalue weighted by Crippen LogP contribution is -2.19. The molecule has 0 atom stereocenters. The molecule has 0 saturated heterocycles. The molecule has 6 aromatic carbocycles. The maximum atomic E-state index is 16.0. The summed E-state index contributed by atoms with van der Waals surface area (Å²) in [6.07, 6.45) is -22.4. The van der Waals surface area contributed by atoms with Crippen LogP contribution in [-0.4, -0.2) is 26.9 Å². The molecule has 0 heterocycles. The Kier molecular flexibility index (Phi) is 12.8. The smallest absolute Gasteiger partial charge is 0.496 e. The van der Waals surface area contributed by atoms with Crippen molar-refractivity contribution >= 4 is 23.2 Å². The van der Waals surface area contributed by atoms with Crippen molar-refractivity contribution in [2.75, 3.05) is 14.2 Å². The lowest BCUT2D eigenvalue weighted by atomic mass is 9.82. The normalized spacial score (nSPS) is 12.4. The van der Waals surface area contributed by atoms with Gasteiger partial charge in [0.2, 0.25) is 0 Å². The van der Waals surface area contributed by atoms with Crippen LogP contribution in [0.15, 0.2) is 84.9 Å². The average molecular weight is 956 g/mol. The van der Waals surface area contributed by atoms with Gasteiger partial charge in [0, 0.05) is 45.5 Å². The number of benzene rings is 6. The van der Waals surface area contributed by atoms with Gasteiger partial charge in [-0.3, -0.25) is 0 Å². The number of hydrogen-bond donors (Lipinski definition) is 0. The van der Waals surface area contributed by atoms with E-state index in [9.17, 15) is 30.7 Å². The molecule has 0 unspecified atom stereocenters. The van der Waals surface area contributed by atoms with Gasteiger partial charge >= 0.3 is 25.1 Å². The number of halogens is 16. The van der Waals surface area contributed by atoms with Gasteiger partial charge in [0.1, 0.15) is 34.6 Å². The third-order valence-corrected chi connectivity index (χ3v) is 10.3. The number of methoxy groups -OCH3 is 2. The number of rotatable bonds is 9. The topological polar surface area (TPSA) is 36.9 Å². The van der Waals surface area contributed by atoms with Crippen molar-refractivity contribution in [1.82, 2.24) is 0 Å². The van der Waals surface area contributed by atoms with Crippen molar-refractivity contribution in [3.05, 3.63) is 129 Å². The molecule has 0 aliphatic carbocycles. The first-order valence-electron chi connectivity index (χ1n) is 17.9. The quantitative estimate of drug-likeness (QED) is 0.135. The van der Waals surface area contributed by atoms with Gasteiger partial charge in [0.15, 0.2) is 0 Å². The van der Waals surface area contributed by atoms with E-state index in [1.54, 1.807) is 26.0 Å². The predicted molar refractivity (Wildman–Crippen MR) is 210 cm³/mol. The second kappa shape index (κ2) is 17.3. The summed E-state index contributed by atoms with van der Waals surface area (Å²) in [4.78, 5) is 0. The van der Waals surface area contributed by atoms with Crippen LogP contribution in [0.1, 0.15) is 22.3 Å². The summed E-state index contributed by atoms with van der Waals surface area (Å²) >= 11 is 13.6. The van der Waals surface area contributed by atoms with Crippen LogP contribution in [0.4, 0.5) is 61.5 Å². The summed E-state index contributed by atoms with van der Waals surface area (Å²) in [6.45, 7) is 3.23. The molecule has 20 heteroatoms. The van der Waals surface area contributed by atoms with Gasteiger partial charge in [-0.05, 0) is 84.6 Å². The third-order valence-electron chi connectivity index (χ3n) is 9.65. The zero-order chi connectivity index (χ0) is 47.4. The van der Waals surface area contributed by atoms with Gasteiger partial charge in [-0.15, -0.1) is 26.3 Å². The summed E-state index contributed by atoms with van der Waals surface area (Å²) in [5.74, 6) is -6.42. The Bertz CT molecular complexity index is 2780. The zero-order valence-electron chi connectivity index (χ0n) is 32.8. The molecule has 0 amide bonds. The molecular weight excluding hydrogens is 929 g/mol. The fourth-order valence-corrected chi connectivity index (χ4v) is 8.04. The SMILES string of the molecule is COc1ccc(-c2c(C(F)(F)F)ccc(-c3cc(Cl)c(-c4ccc(F)cc4F)c(Cl)c3-c3ccc(C)cc3C)c2C(F)(F)F)c(OC)c1-c1ccc(OC(F)(F)F)cc1OC(F)(F)F. The van der Waals surface area contributed by atoms with Crippen LogP contribution in [0.5, 0.6) is 23.0 Å². The molecule has 0 aromatic heterocycles. The highest BCUT2D eigenvalue weighted by Gasteiger charge is 2.45. The number of aryl methyl sites for hydroxylation is 2. The predicted octanol–water partition coefficient (Wildman–Crippen LogP) is 16.1. The van der Waals surface area contributed by atoms with Gasteiger partial charge in [-0.1, -0.05) is 53.0 Å². The molecule has 6 rings (SSSR count). The van der Waals surface area contributed by atoms with Crippen LogP contribution in [0, 0.1) is 25.5 Å². The monoisotopic (exact) mass is 954 g/mol. The van der Waals surface area contributed by atoms with Gasteiger partial charge in [0.25, 0.3) is 0 Å². The number of ether oxygens (including phenoxy) is 4. The minimum Gasteiger partial charge on any atom is -0.496 e. The maximum Gasteiger partial charge on any atom is 0.573 e. The molecule has 64 heavy (non-hydrogen) atoms. The minimum absolute atomic E-state index is 0.111. The summed E-state index contributed by atoms with van der Waals surface area (Å²) in [7, 11) is 1.68. The molecule has 0 saturated carbocycles. The summed E-state index contributed by atoms with van der Waals surface area (Å²) in [5, 5.41) is -1.01. The lowest BCUT2D eigenvalue weighted by Gasteiger charge is -2.27. The summed E-state index contributed by atoms with van der Waals surface area (Å²) in [5.41, 5.74) is -9.66. The van der Waals surface area contributed by atoms with Crippen molar-refractivity contribution in [3.8, 4) is 78.6 Å². The zero-order valence-corrected chi connectivity index (χ0v) is 34.3. The standard InChI is InChI=1S/C44H26Cl2F14O4/c1-19-5-8-23(20(2)15-19)34-28(18-30(45)36(39(34)46)25-9-6-21(47)16-31(25)48)24-11-13-29(41(49,50)51)35(38(24)42(52,53)54)27-12-14-32(61-3)37(40(27)62-4)26-10-7-22(63-43(55,56)57)17-33(26)64-44(58,59)60/h5-18H,1-4H3. The molecule has 0 aliphatic rings. The van der Waals surface area contributed by atoms with Crippen molar-refractivity contribution in [2.24, 2.45) is 0 Å². The molecular formula is C44H26Cl2F14O4. The van der Waals surface area contributed by atoms with Crippen LogP contribution in [-0.2, 0) is 12.4 Å². The van der Waals surface area contributed by atoms with E-state index in [0.29, 0.717) is 47.5 Å². The molecule has 0 spiro atoms. The Balaban J connectivity index is 1.79. The molecule has 0 bridgehead atoms. The highest BCUT2D eigenvalue weighted by molar-refractivity contribution is 6.42. The largest absolute Gasteiger partial charge is 0.573 e. The number of hydrogen-bond acceptors (Lipinski definition) is 4. The average Bonchev–Trinajstić information content (AvgIpc) is 3.16. The van der Waals surface area contributed by atoms with Gasteiger partial charge in [0.05, 0.1) is 41.0 Å². The first-order chi connectivity index (χ1) is 29.6. The van der Waals surface area contributed by atoms with Crippen LogP contribution >= 0.6 is 23.2 Å². The van der Waals surface area contributed by atoms with E-state index in [2.05, 4.69) is 9.47 Å². The van der Waals surface area contributed by atoms with Gasteiger partial charge < -0.3 is 18.9 Å². The van der Waals surface area contributed by atoms with E-state index in [1.165, 1.54) is 6.07 Å². The Morgan fingerprint density at radius 2 is 1.09 bits per heavy atom. The Morgan fingerprint density at radius 1 is 0.484 bits per heavy atom. The lowest BCUT2D eigenvalue weighted by molar-refractivity contribution is -0.276. The van der Waals surface area contributed by atoms with E-state index >= 15 is 30.7 Å². The maximum absolute atomic E-state index is 16.0. The van der Waals surface area contributed by atoms with Crippen LogP contribution < -0.4 is 18.9 Å². The Hall–Kier alpha value is -5.88. The van der Waals surface area contributed by atoms with Crippen molar-refractivity contribution in [2.45, 2.75) is 38.9 Å². The second-order valence-corrected chi connectivity index (χ2v) is 14.6. The Labute approximate surface area is 363 Å². The van der Waals surface area contributed by atoms with Crippen LogP contribution in [0.3, 0.4) is 0 Å². The van der Waals surface area contributed by atoms with E-state index < -0.39 is 114 Å². The van der Waals surface area contributed by atoms with E-state index in [1.807, 2.05) is 0 Å².